The van der Waals surface area contributed by atoms with Crippen molar-refractivity contribution in [2.75, 3.05) is 13.7 Å². The molecule has 0 aliphatic carbocycles. The average Bonchev–Trinajstić information content (AvgIpc) is 2.59. The Bertz CT molecular complexity index is 610. The third kappa shape index (κ3) is 5.21. The van der Waals surface area contributed by atoms with Crippen LogP contribution >= 0.6 is 23.2 Å². The molecule has 0 spiro atoms. The normalized spacial score (nSPS) is 12.2. The quantitative estimate of drug-likeness (QED) is 0.787. The maximum atomic E-state index is 12.4. The van der Waals surface area contributed by atoms with E-state index in [1.165, 1.54) is 0 Å². The molecule has 0 saturated heterocycles. The van der Waals surface area contributed by atoms with E-state index >= 15 is 0 Å². The van der Waals surface area contributed by atoms with Crippen molar-refractivity contribution in [2.45, 2.75) is 18.6 Å². The molecule has 0 bridgehead atoms. The maximum absolute atomic E-state index is 12.4. The molecule has 2 aromatic carbocycles. The molecule has 0 aromatic heterocycles. The number of nitrogens with two attached hydrogens (primary N) is 1. The van der Waals surface area contributed by atoms with Crippen molar-refractivity contribution in [1.82, 2.24) is 5.32 Å². The Kier molecular flexibility index (Phi) is 7.06. The lowest BCUT2D eigenvalue weighted by Crippen LogP contribution is -2.34. The molecule has 24 heavy (non-hydrogen) atoms. The molecule has 2 aromatic rings. The van der Waals surface area contributed by atoms with Gasteiger partial charge in [-0.05, 0) is 35.4 Å². The van der Waals surface area contributed by atoms with Gasteiger partial charge in [0, 0.05) is 23.7 Å². The molecule has 128 valence electrons. The first-order valence-electron chi connectivity index (χ1n) is 7.56. The molecule has 0 fully saturated rings. The van der Waals surface area contributed by atoms with E-state index in [2.05, 4.69) is 5.32 Å². The summed E-state index contributed by atoms with van der Waals surface area (Å²) in [5, 5.41) is 4.31. The molecule has 3 N–H and O–H groups in total. The summed E-state index contributed by atoms with van der Waals surface area (Å²) < 4.78 is 5.17. The van der Waals surface area contributed by atoms with Crippen LogP contribution < -0.4 is 11.1 Å². The van der Waals surface area contributed by atoms with Crippen LogP contribution in [0.15, 0.2) is 48.5 Å². The van der Waals surface area contributed by atoms with Gasteiger partial charge in [-0.1, -0.05) is 47.5 Å². The molecule has 0 heterocycles. The van der Waals surface area contributed by atoms with Crippen LogP contribution in [-0.2, 0) is 9.53 Å². The van der Waals surface area contributed by atoms with Crippen LogP contribution in [0, 0.1) is 0 Å². The Hall–Kier alpha value is -1.59. The van der Waals surface area contributed by atoms with Crippen LogP contribution in [0.4, 0.5) is 0 Å². The van der Waals surface area contributed by atoms with E-state index in [1.807, 2.05) is 24.3 Å². The van der Waals surface area contributed by atoms with Crippen molar-refractivity contribution in [3.63, 3.8) is 0 Å². The lowest BCUT2D eigenvalue weighted by atomic mass is 9.98. The molecule has 1 amide bonds. The number of carbonyl (C=O) groups excluding carboxylic acids is 1. The van der Waals surface area contributed by atoms with E-state index in [0.29, 0.717) is 10.0 Å². The van der Waals surface area contributed by atoms with Gasteiger partial charge in [0.25, 0.3) is 0 Å². The largest absolute Gasteiger partial charge is 0.380 e. The second-order valence-corrected chi connectivity index (χ2v) is 6.27. The number of carbonyl (C=O) groups is 1. The Balaban J connectivity index is 2.24. The summed E-state index contributed by atoms with van der Waals surface area (Å²) >= 11 is 11.9. The van der Waals surface area contributed by atoms with Crippen molar-refractivity contribution < 1.29 is 9.53 Å². The van der Waals surface area contributed by atoms with Gasteiger partial charge < -0.3 is 15.8 Å². The number of benzene rings is 2. The summed E-state index contributed by atoms with van der Waals surface area (Å²) in [6, 6.07) is 14.4. The first-order valence-corrected chi connectivity index (χ1v) is 8.32. The Morgan fingerprint density at radius 3 is 1.88 bits per heavy atom. The average molecular weight is 367 g/mol. The zero-order valence-corrected chi connectivity index (χ0v) is 14.8. The third-order valence-electron chi connectivity index (χ3n) is 3.72. The van der Waals surface area contributed by atoms with E-state index in [-0.39, 0.29) is 31.0 Å². The monoisotopic (exact) mass is 366 g/mol. The van der Waals surface area contributed by atoms with Gasteiger partial charge in [-0.15, -0.1) is 0 Å². The Morgan fingerprint density at radius 2 is 1.50 bits per heavy atom. The van der Waals surface area contributed by atoms with Gasteiger partial charge in [-0.25, -0.2) is 0 Å². The van der Waals surface area contributed by atoms with Gasteiger partial charge in [0.15, 0.2) is 0 Å². The number of halogens is 2. The Labute approximate surface area is 151 Å². The lowest BCUT2D eigenvalue weighted by molar-refractivity contribution is -0.123. The molecular formula is C18H20Cl2N2O2. The highest BCUT2D eigenvalue weighted by molar-refractivity contribution is 6.30. The van der Waals surface area contributed by atoms with Crippen molar-refractivity contribution in [3.05, 3.63) is 69.7 Å². The highest BCUT2D eigenvalue weighted by Gasteiger charge is 2.19. The van der Waals surface area contributed by atoms with Crippen LogP contribution in [0.5, 0.6) is 0 Å². The second-order valence-electron chi connectivity index (χ2n) is 5.40. The molecular weight excluding hydrogens is 347 g/mol. The van der Waals surface area contributed by atoms with E-state index in [1.54, 1.807) is 31.4 Å². The molecule has 0 aliphatic rings. The fraction of sp³-hybridized carbons (Fsp3) is 0.278. The van der Waals surface area contributed by atoms with Gasteiger partial charge in [0.2, 0.25) is 5.91 Å². The van der Waals surface area contributed by atoms with Crippen LogP contribution in [0.1, 0.15) is 23.6 Å². The summed E-state index contributed by atoms with van der Waals surface area (Å²) in [5.74, 6) is -0.137. The molecule has 1 atom stereocenters. The fourth-order valence-corrected chi connectivity index (χ4v) is 2.61. The molecule has 2 rings (SSSR count). The van der Waals surface area contributed by atoms with E-state index in [0.717, 1.165) is 11.1 Å². The second kappa shape index (κ2) is 9.04. The third-order valence-corrected chi connectivity index (χ3v) is 4.23. The number of hydrogen-bond acceptors (Lipinski definition) is 3. The van der Waals surface area contributed by atoms with Crippen LogP contribution in [0.2, 0.25) is 10.0 Å². The first-order chi connectivity index (χ1) is 11.5. The number of methoxy groups -OCH3 is 1. The minimum atomic E-state index is -0.305. The van der Waals surface area contributed by atoms with Crippen LogP contribution in [0.25, 0.3) is 0 Å². The topological polar surface area (TPSA) is 64.3 Å². The number of amides is 1. The van der Waals surface area contributed by atoms with Crippen molar-refractivity contribution >= 4 is 29.1 Å². The summed E-state index contributed by atoms with van der Waals surface area (Å²) in [7, 11) is 1.54. The number of nitrogens with one attached hydrogen (secondary N) is 1. The molecule has 0 radical (unpaired) electrons. The van der Waals surface area contributed by atoms with Gasteiger partial charge in [0.1, 0.15) is 0 Å². The van der Waals surface area contributed by atoms with Crippen molar-refractivity contribution in [3.8, 4) is 0 Å². The highest BCUT2D eigenvalue weighted by atomic mass is 35.5. The fourth-order valence-electron chi connectivity index (χ4n) is 2.36. The number of ether oxygens (including phenoxy) is 1. The molecule has 4 nitrogen and oxygen atoms in total. The zero-order valence-electron chi connectivity index (χ0n) is 13.3. The van der Waals surface area contributed by atoms with Gasteiger partial charge in [-0.2, -0.15) is 0 Å². The lowest BCUT2D eigenvalue weighted by Gasteiger charge is -2.21. The smallest absolute Gasteiger partial charge is 0.223 e. The Morgan fingerprint density at radius 1 is 1.04 bits per heavy atom. The van der Waals surface area contributed by atoms with Crippen molar-refractivity contribution in [2.24, 2.45) is 5.73 Å². The standard InChI is InChI=1S/C18H20Cl2N2O2/c1-24-16(11-21)10-17(23)22-18(12-2-6-14(19)7-3-12)13-4-8-15(20)9-5-13/h2-9,16,18H,10-11,21H2,1H3,(H,22,23). The predicted molar refractivity (Wildman–Crippen MR) is 97.4 cm³/mol. The van der Waals surface area contributed by atoms with Gasteiger partial charge in [0.05, 0.1) is 18.6 Å². The van der Waals surface area contributed by atoms with Gasteiger partial charge >= 0.3 is 0 Å². The number of rotatable bonds is 7. The molecule has 1 unspecified atom stereocenters. The SMILES string of the molecule is COC(CN)CC(=O)NC(c1ccc(Cl)cc1)c1ccc(Cl)cc1. The van der Waals surface area contributed by atoms with Crippen molar-refractivity contribution in [1.29, 1.82) is 0 Å². The van der Waals surface area contributed by atoms with Crippen LogP contribution in [-0.4, -0.2) is 25.7 Å². The molecule has 0 saturated carbocycles. The summed E-state index contributed by atoms with van der Waals surface area (Å²) in [4.78, 5) is 12.4. The molecule has 6 heteroatoms. The molecule has 0 aliphatic heterocycles. The predicted octanol–water partition coefficient (Wildman–Crippen LogP) is 3.56. The van der Waals surface area contributed by atoms with Gasteiger partial charge in [-0.3, -0.25) is 4.79 Å². The van der Waals surface area contributed by atoms with E-state index in [4.69, 9.17) is 33.7 Å². The summed E-state index contributed by atoms with van der Waals surface area (Å²) in [6.45, 7) is 0.288. The maximum Gasteiger partial charge on any atom is 0.223 e. The summed E-state index contributed by atoms with van der Waals surface area (Å²) in [6.07, 6.45) is -0.105. The summed E-state index contributed by atoms with van der Waals surface area (Å²) in [5.41, 5.74) is 7.44. The van der Waals surface area contributed by atoms with E-state index in [9.17, 15) is 4.79 Å². The number of hydrogen-bond donors (Lipinski definition) is 2. The minimum Gasteiger partial charge on any atom is -0.380 e. The zero-order chi connectivity index (χ0) is 17.5. The first kappa shape index (κ1) is 18.7. The highest BCUT2D eigenvalue weighted by Crippen LogP contribution is 2.25. The van der Waals surface area contributed by atoms with E-state index < -0.39 is 0 Å². The minimum absolute atomic E-state index is 0.137. The van der Waals surface area contributed by atoms with Crippen LogP contribution in [0.3, 0.4) is 0 Å².